The van der Waals surface area contributed by atoms with E-state index in [2.05, 4.69) is 76.0 Å². The summed E-state index contributed by atoms with van der Waals surface area (Å²) < 4.78 is 0. The molecule has 0 fully saturated rings. The first kappa shape index (κ1) is 17.2. The van der Waals surface area contributed by atoms with E-state index < -0.39 is 0 Å². The van der Waals surface area contributed by atoms with Crippen molar-refractivity contribution in [1.29, 1.82) is 0 Å². The van der Waals surface area contributed by atoms with Crippen LogP contribution in [0.2, 0.25) is 0 Å². The van der Waals surface area contributed by atoms with Gasteiger partial charge in [0.2, 0.25) is 0 Å². The minimum absolute atomic E-state index is 0.161. The molecule has 2 nitrogen and oxygen atoms in total. The van der Waals surface area contributed by atoms with Crippen LogP contribution in [0.1, 0.15) is 59.1 Å². The zero-order chi connectivity index (χ0) is 15.2. The molecule has 0 amide bonds. The van der Waals surface area contributed by atoms with Crippen LogP contribution in [0, 0.1) is 0 Å². The van der Waals surface area contributed by atoms with Gasteiger partial charge in [0.05, 0.1) is 0 Å². The lowest BCUT2D eigenvalue weighted by Gasteiger charge is -2.28. The molecule has 0 spiro atoms. The first-order valence-corrected chi connectivity index (χ1v) is 7.93. The number of benzene rings is 1. The van der Waals surface area contributed by atoms with Crippen molar-refractivity contribution < 1.29 is 0 Å². The van der Waals surface area contributed by atoms with E-state index in [1.807, 2.05) is 0 Å². The van der Waals surface area contributed by atoms with Crippen molar-refractivity contribution in [2.45, 2.75) is 72.6 Å². The standard InChI is InChI=1S/C18H32N2/c1-7-15(3)20(8-2)14-17-12-10-9-11-16(17)13-19-18(4,5)6/h9-12,15,19H,7-8,13-14H2,1-6H3. The minimum atomic E-state index is 0.161. The number of hydrogen-bond donors (Lipinski definition) is 1. The van der Waals surface area contributed by atoms with Crippen LogP contribution in [-0.4, -0.2) is 23.0 Å². The Labute approximate surface area is 125 Å². The summed E-state index contributed by atoms with van der Waals surface area (Å²) in [6, 6.07) is 9.45. The van der Waals surface area contributed by atoms with Gasteiger partial charge in [-0.3, -0.25) is 4.90 Å². The molecule has 1 aromatic rings. The maximum Gasteiger partial charge on any atom is 0.0239 e. The lowest BCUT2D eigenvalue weighted by atomic mass is 10.0. The van der Waals surface area contributed by atoms with E-state index in [1.165, 1.54) is 17.5 Å². The van der Waals surface area contributed by atoms with E-state index in [0.29, 0.717) is 6.04 Å². The third kappa shape index (κ3) is 5.64. The van der Waals surface area contributed by atoms with Gasteiger partial charge in [0.25, 0.3) is 0 Å². The van der Waals surface area contributed by atoms with Crippen molar-refractivity contribution in [1.82, 2.24) is 10.2 Å². The molecule has 0 saturated heterocycles. The Balaban J connectivity index is 2.79. The second kappa shape index (κ2) is 7.80. The topological polar surface area (TPSA) is 15.3 Å². The van der Waals surface area contributed by atoms with Crippen LogP contribution in [-0.2, 0) is 13.1 Å². The van der Waals surface area contributed by atoms with Crippen molar-refractivity contribution in [3.8, 4) is 0 Å². The van der Waals surface area contributed by atoms with Crippen molar-refractivity contribution in [2.75, 3.05) is 6.54 Å². The van der Waals surface area contributed by atoms with Crippen molar-refractivity contribution in [3.63, 3.8) is 0 Å². The number of nitrogens with zero attached hydrogens (tertiary/aromatic N) is 1. The molecule has 114 valence electrons. The second-order valence-electron chi connectivity index (χ2n) is 6.69. The summed E-state index contributed by atoms with van der Waals surface area (Å²) in [7, 11) is 0. The molecule has 2 heteroatoms. The smallest absolute Gasteiger partial charge is 0.0239 e. The largest absolute Gasteiger partial charge is 0.308 e. The van der Waals surface area contributed by atoms with E-state index in [4.69, 9.17) is 0 Å². The van der Waals surface area contributed by atoms with Crippen LogP contribution >= 0.6 is 0 Å². The molecule has 0 radical (unpaired) electrons. The monoisotopic (exact) mass is 276 g/mol. The normalized spacial score (nSPS) is 13.8. The van der Waals surface area contributed by atoms with E-state index in [0.717, 1.165) is 19.6 Å². The third-order valence-corrected chi connectivity index (χ3v) is 3.92. The van der Waals surface area contributed by atoms with Gasteiger partial charge in [0, 0.05) is 24.7 Å². The highest BCUT2D eigenvalue weighted by Crippen LogP contribution is 2.15. The van der Waals surface area contributed by atoms with E-state index >= 15 is 0 Å². The van der Waals surface area contributed by atoms with Crippen LogP contribution in [0.5, 0.6) is 0 Å². The predicted octanol–water partition coefficient (Wildman–Crippen LogP) is 4.20. The highest BCUT2D eigenvalue weighted by Gasteiger charge is 2.14. The van der Waals surface area contributed by atoms with Crippen LogP contribution < -0.4 is 5.32 Å². The molecule has 1 rings (SSSR count). The van der Waals surface area contributed by atoms with Gasteiger partial charge in [0.1, 0.15) is 0 Å². The fraction of sp³-hybridized carbons (Fsp3) is 0.667. The minimum Gasteiger partial charge on any atom is -0.308 e. The van der Waals surface area contributed by atoms with Crippen LogP contribution in [0.3, 0.4) is 0 Å². The lowest BCUT2D eigenvalue weighted by Crippen LogP contribution is -2.36. The highest BCUT2D eigenvalue weighted by molar-refractivity contribution is 5.27. The van der Waals surface area contributed by atoms with Gasteiger partial charge in [-0.15, -0.1) is 0 Å². The van der Waals surface area contributed by atoms with Gasteiger partial charge in [-0.2, -0.15) is 0 Å². The van der Waals surface area contributed by atoms with Gasteiger partial charge in [-0.1, -0.05) is 38.1 Å². The summed E-state index contributed by atoms with van der Waals surface area (Å²) in [5.41, 5.74) is 3.03. The third-order valence-electron chi connectivity index (χ3n) is 3.92. The molecule has 0 saturated carbocycles. The van der Waals surface area contributed by atoms with Crippen molar-refractivity contribution in [2.24, 2.45) is 0 Å². The lowest BCUT2D eigenvalue weighted by molar-refractivity contribution is 0.205. The number of hydrogen-bond acceptors (Lipinski definition) is 2. The maximum atomic E-state index is 3.59. The summed E-state index contributed by atoms with van der Waals surface area (Å²) in [5, 5.41) is 3.59. The van der Waals surface area contributed by atoms with Gasteiger partial charge in [-0.05, 0) is 51.8 Å². The summed E-state index contributed by atoms with van der Waals surface area (Å²) in [4.78, 5) is 2.55. The molecule has 0 aliphatic heterocycles. The highest BCUT2D eigenvalue weighted by atomic mass is 15.1. The molecule has 20 heavy (non-hydrogen) atoms. The molecular formula is C18H32N2. The molecular weight excluding hydrogens is 244 g/mol. The van der Waals surface area contributed by atoms with Crippen LogP contribution in [0.25, 0.3) is 0 Å². The molecule has 0 heterocycles. The van der Waals surface area contributed by atoms with Gasteiger partial charge >= 0.3 is 0 Å². The number of rotatable bonds is 7. The van der Waals surface area contributed by atoms with Crippen LogP contribution in [0.15, 0.2) is 24.3 Å². The predicted molar refractivity (Wildman–Crippen MR) is 88.9 cm³/mol. The summed E-state index contributed by atoms with van der Waals surface area (Å²) >= 11 is 0. The fourth-order valence-electron chi connectivity index (χ4n) is 2.30. The second-order valence-corrected chi connectivity index (χ2v) is 6.69. The van der Waals surface area contributed by atoms with Gasteiger partial charge < -0.3 is 5.32 Å². The molecule has 0 aromatic heterocycles. The fourth-order valence-corrected chi connectivity index (χ4v) is 2.30. The quantitative estimate of drug-likeness (QED) is 0.803. The average Bonchev–Trinajstić information content (AvgIpc) is 2.41. The van der Waals surface area contributed by atoms with Crippen LogP contribution in [0.4, 0.5) is 0 Å². The van der Waals surface area contributed by atoms with Crippen molar-refractivity contribution >= 4 is 0 Å². The Bertz CT molecular complexity index is 393. The Morgan fingerprint density at radius 3 is 2.20 bits per heavy atom. The summed E-state index contributed by atoms with van der Waals surface area (Å²) in [6.45, 7) is 16.6. The average molecular weight is 276 g/mol. The Morgan fingerprint density at radius 1 is 1.10 bits per heavy atom. The Kier molecular flexibility index (Phi) is 6.70. The zero-order valence-corrected chi connectivity index (χ0v) is 14.2. The SMILES string of the molecule is CCC(C)N(CC)Cc1ccccc1CNC(C)(C)C. The maximum absolute atomic E-state index is 3.59. The molecule has 0 aliphatic carbocycles. The molecule has 0 aliphatic rings. The summed E-state index contributed by atoms with van der Waals surface area (Å²) in [6.07, 6.45) is 1.20. The van der Waals surface area contributed by atoms with E-state index in [9.17, 15) is 0 Å². The first-order valence-electron chi connectivity index (χ1n) is 7.93. The molecule has 1 unspecified atom stereocenters. The summed E-state index contributed by atoms with van der Waals surface area (Å²) in [5.74, 6) is 0. The molecule has 1 aromatic carbocycles. The molecule has 1 N–H and O–H groups in total. The van der Waals surface area contributed by atoms with Crippen molar-refractivity contribution in [3.05, 3.63) is 35.4 Å². The Hall–Kier alpha value is -0.860. The molecule has 1 atom stereocenters. The Morgan fingerprint density at radius 2 is 1.70 bits per heavy atom. The van der Waals surface area contributed by atoms with E-state index in [-0.39, 0.29) is 5.54 Å². The first-order chi connectivity index (χ1) is 9.37. The van der Waals surface area contributed by atoms with Gasteiger partial charge in [-0.25, -0.2) is 0 Å². The number of nitrogens with one attached hydrogen (secondary N) is 1. The van der Waals surface area contributed by atoms with Gasteiger partial charge in [0.15, 0.2) is 0 Å². The van der Waals surface area contributed by atoms with E-state index in [1.54, 1.807) is 0 Å². The zero-order valence-electron chi connectivity index (χ0n) is 14.2. The molecule has 0 bridgehead atoms.